The van der Waals surface area contributed by atoms with Gasteiger partial charge in [0.05, 0.1) is 5.56 Å². The second-order valence-corrected chi connectivity index (χ2v) is 6.50. The van der Waals surface area contributed by atoms with E-state index in [4.69, 9.17) is 9.26 Å². The van der Waals surface area contributed by atoms with Crippen molar-refractivity contribution in [3.05, 3.63) is 58.7 Å². The Hall–Kier alpha value is -2.94. The largest absolute Gasteiger partial charge is 0.473 e. The second kappa shape index (κ2) is 7.23. The molecule has 28 heavy (non-hydrogen) atoms. The van der Waals surface area contributed by atoms with E-state index in [1.165, 1.54) is 11.6 Å². The molecular weight excluding hydrogens is 373 g/mol. The zero-order chi connectivity index (χ0) is 19.7. The van der Waals surface area contributed by atoms with Crippen LogP contribution in [-0.4, -0.2) is 21.7 Å². The number of ether oxygens (including phenoxy) is 1. The van der Waals surface area contributed by atoms with Gasteiger partial charge in [-0.3, -0.25) is 4.98 Å². The molecule has 0 radical (unpaired) electrons. The normalized spacial score (nSPS) is 14.0. The van der Waals surface area contributed by atoms with Gasteiger partial charge in [-0.2, -0.15) is 13.2 Å². The van der Waals surface area contributed by atoms with Crippen molar-refractivity contribution in [1.29, 1.82) is 0 Å². The molecule has 9 heteroatoms. The number of aryl methyl sites for hydroxylation is 1. The van der Waals surface area contributed by atoms with E-state index in [0.717, 1.165) is 37.3 Å². The molecule has 0 atom stereocenters. The molecule has 1 N–H and O–H groups in total. The first-order valence-electron chi connectivity index (χ1n) is 8.72. The Morgan fingerprint density at radius 3 is 2.79 bits per heavy atom. The van der Waals surface area contributed by atoms with Gasteiger partial charge in [-0.25, -0.2) is 4.98 Å². The van der Waals surface area contributed by atoms with Crippen molar-refractivity contribution in [3.63, 3.8) is 0 Å². The Morgan fingerprint density at radius 1 is 1.18 bits per heavy atom. The quantitative estimate of drug-likeness (QED) is 0.733. The molecule has 0 aliphatic carbocycles. The molecule has 4 heterocycles. The highest BCUT2D eigenvalue weighted by Crippen LogP contribution is 2.31. The Balaban J connectivity index is 1.54. The summed E-state index contributed by atoms with van der Waals surface area (Å²) in [6.45, 7) is 3.55. The van der Waals surface area contributed by atoms with Gasteiger partial charge < -0.3 is 14.6 Å². The van der Waals surface area contributed by atoms with Crippen LogP contribution in [0.2, 0.25) is 0 Å². The van der Waals surface area contributed by atoms with Gasteiger partial charge in [0.2, 0.25) is 5.88 Å². The predicted octanol–water partition coefficient (Wildman–Crippen LogP) is 3.68. The Labute approximate surface area is 158 Å². The van der Waals surface area contributed by atoms with Gasteiger partial charge in [-0.05, 0) is 43.1 Å². The summed E-state index contributed by atoms with van der Waals surface area (Å²) < 4.78 is 49.1. The van der Waals surface area contributed by atoms with E-state index in [0.29, 0.717) is 28.5 Å². The third-order valence-corrected chi connectivity index (χ3v) is 4.62. The van der Waals surface area contributed by atoms with Crippen LogP contribution in [-0.2, 0) is 25.7 Å². The molecule has 6 nitrogen and oxygen atoms in total. The van der Waals surface area contributed by atoms with Gasteiger partial charge >= 0.3 is 6.18 Å². The Bertz CT molecular complexity index is 984. The van der Waals surface area contributed by atoms with E-state index in [2.05, 4.69) is 20.4 Å². The maximum atomic E-state index is 12.7. The standard InChI is InChI=1S/C19H17F3N4O2/c1-11-15(10-27-17-6-12-4-5-23-7-14(12)9-25-17)18(26-28-11)13-2-3-16(24-8-13)19(20,21)22/h2-3,6,8-9,23H,4-5,7,10H2,1H3. The molecule has 0 amide bonds. The van der Waals surface area contributed by atoms with Crippen LogP contribution in [0.1, 0.15) is 28.1 Å². The minimum atomic E-state index is -4.49. The SMILES string of the molecule is Cc1onc(-c2ccc(C(F)(F)F)nc2)c1COc1cc2c(cn1)CNCC2. The molecule has 0 saturated carbocycles. The Kier molecular flexibility index (Phi) is 4.76. The van der Waals surface area contributed by atoms with Crippen LogP contribution in [0.5, 0.6) is 5.88 Å². The summed E-state index contributed by atoms with van der Waals surface area (Å²) in [5, 5.41) is 7.24. The first kappa shape index (κ1) is 18.4. The van der Waals surface area contributed by atoms with Crippen molar-refractivity contribution in [2.75, 3.05) is 6.54 Å². The minimum Gasteiger partial charge on any atom is -0.473 e. The third-order valence-electron chi connectivity index (χ3n) is 4.62. The van der Waals surface area contributed by atoms with E-state index in [-0.39, 0.29) is 6.61 Å². The summed E-state index contributed by atoms with van der Waals surface area (Å²) in [4.78, 5) is 7.79. The number of aromatic nitrogens is 3. The topological polar surface area (TPSA) is 73.1 Å². The van der Waals surface area contributed by atoms with Crippen LogP contribution in [0, 0.1) is 6.92 Å². The highest BCUT2D eigenvalue weighted by molar-refractivity contribution is 5.62. The average Bonchev–Trinajstić information content (AvgIpc) is 3.06. The minimum absolute atomic E-state index is 0.135. The first-order valence-corrected chi connectivity index (χ1v) is 8.72. The first-order chi connectivity index (χ1) is 13.4. The number of nitrogens with one attached hydrogen (secondary N) is 1. The van der Waals surface area contributed by atoms with Crippen LogP contribution in [0.25, 0.3) is 11.3 Å². The average molecular weight is 390 g/mol. The molecule has 0 spiro atoms. The number of hydrogen-bond donors (Lipinski definition) is 1. The fraction of sp³-hybridized carbons (Fsp3) is 0.316. The van der Waals surface area contributed by atoms with Crippen LogP contribution >= 0.6 is 0 Å². The third kappa shape index (κ3) is 3.70. The van der Waals surface area contributed by atoms with Crippen LogP contribution < -0.4 is 10.1 Å². The van der Waals surface area contributed by atoms with Crippen molar-refractivity contribution in [3.8, 4) is 17.1 Å². The number of pyridine rings is 2. The molecular formula is C19H17F3N4O2. The van der Waals surface area contributed by atoms with E-state index in [1.807, 2.05) is 6.07 Å². The molecule has 3 aromatic rings. The van der Waals surface area contributed by atoms with Crippen LogP contribution in [0.15, 0.2) is 35.1 Å². The fourth-order valence-corrected chi connectivity index (χ4v) is 3.06. The van der Waals surface area contributed by atoms with Crippen molar-refractivity contribution in [2.45, 2.75) is 32.7 Å². The monoisotopic (exact) mass is 390 g/mol. The number of fused-ring (bicyclic) bond motifs is 1. The smallest absolute Gasteiger partial charge is 0.433 e. The molecule has 0 saturated heterocycles. The van der Waals surface area contributed by atoms with Crippen molar-refractivity contribution >= 4 is 0 Å². The molecule has 0 bridgehead atoms. The lowest BCUT2D eigenvalue weighted by atomic mass is 10.0. The molecule has 0 aromatic carbocycles. The molecule has 0 fully saturated rings. The van der Waals surface area contributed by atoms with Gasteiger partial charge in [0.1, 0.15) is 23.8 Å². The molecule has 4 rings (SSSR count). The zero-order valence-electron chi connectivity index (χ0n) is 15.0. The number of hydrogen-bond acceptors (Lipinski definition) is 6. The molecule has 0 unspecified atom stereocenters. The summed E-state index contributed by atoms with van der Waals surface area (Å²) in [5.41, 5.74) is 2.85. The fourth-order valence-electron chi connectivity index (χ4n) is 3.06. The molecule has 3 aromatic heterocycles. The van der Waals surface area contributed by atoms with Crippen LogP contribution in [0.3, 0.4) is 0 Å². The van der Waals surface area contributed by atoms with Crippen molar-refractivity contribution in [1.82, 2.24) is 20.4 Å². The van der Waals surface area contributed by atoms with E-state index in [9.17, 15) is 13.2 Å². The molecule has 1 aliphatic heterocycles. The van der Waals surface area contributed by atoms with Gasteiger partial charge in [-0.1, -0.05) is 5.16 Å². The number of halogens is 3. The van der Waals surface area contributed by atoms with E-state index < -0.39 is 11.9 Å². The van der Waals surface area contributed by atoms with Gasteiger partial charge in [0.15, 0.2) is 0 Å². The van der Waals surface area contributed by atoms with E-state index >= 15 is 0 Å². The van der Waals surface area contributed by atoms with Crippen molar-refractivity contribution in [2.24, 2.45) is 0 Å². The van der Waals surface area contributed by atoms with Gasteiger partial charge in [-0.15, -0.1) is 0 Å². The number of nitrogens with zero attached hydrogens (tertiary/aromatic N) is 3. The highest BCUT2D eigenvalue weighted by Gasteiger charge is 2.32. The van der Waals surface area contributed by atoms with Crippen LogP contribution in [0.4, 0.5) is 13.2 Å². The summed E-state index contributed by atoms with van der Waals surface area (Å²) in [5.74, 6) is 1.01. The Morgan fingerprint density at radius 2 is 2.04 bits per heavy atom. The number of alkyl halides is 3. The van der Waals surface area contributed by atoms with Gasteiger partial charge in [0.25, 0.3) is 0 Å². The summed E-state index contributed by atoms with van der Waals surface area (Å²) in [7, 11) is 0. The summed E-state index contributed by atoms with van der Waals surface area (Å²) in [6, 6.07) is 4.15. The number of rotatable bonds is 4. The lowest BCUT2D eigenvalue weighted by Gasteiger charge is -2.17. The second-order valence-electron chi connectivity index (χ2n) is 6.50. The zero-order valence-corrected chi connectivity index (χ0v) is 15.0. The summed E-state index contributed by atoms with van der Waals surface area (Å²) in [6.07, 6.45) is -0.660. The maximum Gasteiger partial charge on any atom is 0.433 e. The lowest BCUT2D eigenvalue weighted by Crippen LogP contribution is -2.23. The maximum absolute atomic E-state index is 12.7. The highest BCUT2D eigenvalue weighted by atomic mass is 19.4. The van der Waals surface area contributed by atoms with E-state index in [1.54, 1.807) is 13.1 Å². The summed E-state index contributed by atoms with van der Waals surface area (Å²) >= 11 is 0. The van der Waals surface area contributed by atoms with Gasteiger partial charge in [0, 0.05) is 30.6 Å². The molecule has 146 valence electrons. The van der Waals surface area contributed by atoms with Crippen molar-refractivity contribution < 1.29 is 22.4 Å². The predicted molar refractivity (Wildman–Crippen MR) is 93.5 cm³/mol. The lowest BCUT2D eigenvalue weighted by molar-refractivity contribution is -0.141. The molecule has 1 aliphatic rings.